The van der Waals surface area contributed by atoms with Crippen LogP contribution in [0.5, 0.6) is 0 Å². The van der Waals surface area contributed by atoms with Crippen molar-refractivity contribution < 1.29 is 9.53 Å². The van der Waals surface area contributed by atoms with Crippen LogP contribution in [0.2, 0.25) is 0 Å². The van der Waals surface area contributed by atoms with Gasteiger partial charge in [-0.3, -0.25) is 4.79 Å². The van der Waals surface area contributed by atoms with Crippen molar-refractivity contribution in [2.24, 2.45) is 5.92 Å². The fraction of sp³-hybridized carbons (Fsp3) is 0.538. The minimum Gasteiger partial charge on any atom is -0.378 e. The number of pyridine rings is 1. The van der Waals surface area contributed by atoms with Crippen LogP contribution in [0.4, 0.5) is 5.82 Å². The van der Waals surface area contributed by atoms with Gasteiger partial charge in [-0.25, -0.2) is 4.98 Å². The molecule has 3 rings (SSSR count). The van der Waals surface area contributed by atoms with Gasteiger partial charge in [-0.05, 0) is 28.1 Å². The van der Waals surface area contributed by atoms with Gasteiger partial charge in [-0.15, -0.1) is 0 Å². The van der Waals surface area contributed by atoms with Crippen LogP contribution in [0.1, 0.15) is 0 Å². The Bertz CT molecular complexity index is 453. The summed E-state index contributed by atoms with van der Waals surface area (Å²) in [5.74, 6) is 1.31. The SMILES string of the molecule is O=C(C1CN(c2ccc(Br)cn2)C1)N1CCOCC1. The van der Waals surface area contributed by atoms with Crippen LogP contribution in [-0.4, -0.2) is 55.2 Å². The van der Waals surface area contributed by atoms with Gasteiger partial charge >= 0.3 is 0 Å². The minimum absolute atomic E-state index is 0.114. The van der Waals surface area contributed by atoms with E-state index in [2.05, 4.69) is 25.8 Å². The summed E-state index contributed by atoms with van der Waals surface area (Å²) in [6.07, 6.45) is 1.78. The Hall–Kier alpha value is -1.14. The summed E-state index contributed by atoms with van der Waals surface area (Å²) < 4.78 is 6.23. The highest BCUT2D eigenvalue weighted by atomic mass is 79.9. The zero-order valence-corrected chi connectivity index (χ0v) is 12.2. The fourth-order valence-corrected chi connectivity index (χ4v) is 2.65. The number of morpholine rings is 1. The lowest BCUT2D eigenvalue weighted by molar-refractivity contribution is -0.140. The molecule has 6 heteroatoms. The van der Waals surface area contributed by atoms with Crippen molar-refractivity contribution in [1.82, 2.24) is 9.88 Å². The molecule has 3 heterocycles. The number of rotatable bonds is 2. The highest BCUT2D eigenvalue weighted by Crippen LogP contribution is 2.25. The molecule has 102 valence electrons. The maximum Gasteiger partial charge on any atom is 0.229 e. The molecule has 0 aliphatic carbocycles. The van der Waals surface area contributed by atoms with Crippen molar-refractivity contribution >= 4 is 27.7 Å². The third-order valence-electron chi connectivity index (χ3n) is 3.59. The molecule has 0 unspecified atom stereocenters. The smallest absolute Gasteiger partial charge is 0.229 e. The van der Waals surface area contributed by atoms with E-state index in [9.17, 15) is 4.79 Å². The number of amides is 1. The van der Waals surface area contributed by atoms with E-state index in [0.717, 1.165) is 36.5 Å². The van der Waals surface area contributed by atoms with Gasteiger partial charge in [0.15, 0.2) is 0 Å². The van der Waals surface area contributed by atoms with Gasteiger partial charge in [0.25, 0.3) is 0 Å². The highest BCUT2D eigenvalue weighted by Gasteiger charge is 2.36. The predicted molar refractivity (Wildman–Crippen MR) is 75.0 cm³/mol. The standard InChI is InChI=1S/C13H16BrN3O2/c14-11-1-2-12(15-7-11)17-8-10(9-17)13(18)16-3-5-19-6-4-16/h1-2,7,10H,3-6,8-9H2. The lowest BCUT2D eigenvalue weighted by atomic mass is 9.98. The topological polar surface area (TPSA) is 45.7 Å². The Kier molecular flexibility index (Phi) is 3.70. The third-order valence-corrected chi connectivity index (χ3v) is 4.06. The Morgan fingerprint density at radius 1 is 1.32 bits per heavy atom. The minimum atomic E-state index is 0.114. The van der Waals surface area contributed by atoms with Gasteiger partial charge in [-0.1, -0.05) is 0 Å². The summed E-state index contributed by atoms with van der Waals surface area (Å²) in [5.41, 5.74) is 0. The lowest BCUT2D eigenvalue weighted by Crippen LogP contribution is -2.56. The Morgan fingerprint density at radius 3 is 2.68 bits per heavy atom. The molecule has 0 N–H and O–H groups in total. The third kappa shape index (κ3) is 2.74. The first-order chi connectivity index (χ1) is 9.24. The van der Waals surface area contributed by atoms with Crippen molar-refractivity contribution in [1.29, 1.82) is 0 Å². The van der Waals surface area contributed by atoms with E-state index in [1.165, 1.54) is 0 Å². The van der Waals surface area contributed by atoms with E-state index in [-0.39, 0.29) is 11.8 Å². The number of carbonyl (C=O) groups is 1. The second-order valence-electron chi connectivity index (χ2n) is 4.87. The van der Waals surface area contributed by atoms with Crippen molar-refractivity contribution in [3.05, 3.63) is 22.8 Å². The summed E-state index contributed by atoms with van der Waals surface area (Å²) in [5, 5.41) is 0. The summed E-state index contributed by atoms with van der Waals surface area (Å²) in [6.45, 7) is 4.32. The largest absolute Gasteiger partial charge is 0.378 e. The van der Waals surface area contributed by atoms with Gasteiger partial charge < -0.3 is 14.5 Å². The number of hydrogen-bond donors (Lipinski definition) is 0. The lowest BCUT2D eigenvalue weighted by Gasteiger charge is -2.42. The van der Waals surface area contributed by atoms with Gasteiger partial charge in [0.2, 0.25) is 5.91 Å². The van der Waals surface area contributed by atoms with Crippen LogP contribution < -0.4 is 4.90 Å². The highest BCUT2D eigenvalue weighted by molar-refractivity contribution is 9.10. The summed E-state index contributed by atoms with van der Waals surface area (Å²) >= 11 is 3.37. The zero-order valence-electron chi connectivity index (χ0n) is 10.6. The predicted octanol–water partition coefficient (Wildman–Crippen LogP) is 1.14. The number of hydrogen-bond acceptors (Lipinski definition) is 4. The van der Waals surface area contributed by atoms with Crippen LogP contribution >= 0.6 is 15.9 Å². The molecular weight excluding hydrogens is 310 g/mol. The molecule has 0 atom stereocenters. The van der Waals surface area contributed by atoms with Gasteiger partial charge in [-0.2, -0.15) is 0 Å². The number of carbonyl (C=O) groups excluding carboxylic acids is 1. The molecule has 0 aromatic carbocycles. The first-order valence-electron chi connectivity index (χ1n) is 6.47. The molecule has 2 saturated heterocycles. The van der Waals surface area contributed by atoms with Crippen LogP contribution in [0.15, 0.2) is 22.8 Å². The first-order valence-corrected chi connectivity index (χ1v) is 7.26. The maximum atomic E-state index is 12.2. The average Bonchev–Trinajstić information content (AvgIpc) is 2.40. The number of aromatic nitrogens is 1. The monoisotopic (exact) mass is 325 g/mol. The second kappa shape index (κ2) is 5.46. The van der Waals surface area contributed by atoms with Crippen LogP contribution in [0.3, 0.4) is 0 Å². The molecule has 19 heavy (non-hydrogen) atoms. The summed E-state index contributed by atoms with van der Waals surface area (Å²) in [4.78, 5) is 20.6. The van der Waals surface area contributed by atoms with E-state index < -0.39 is 0 Å². The summed E-state index contributed by atoms with van der Waals surface area (Å²) in [7, 11) is 0. The van der Waals surface area contributed by atoms with Crippen molar-refractivity contribution in [2.75, 3.05) is 44.3 Å². The zero-order chi connectivity index (χ0) is 13.2. The van der Waals surface area contributed by atoms with Crippen LogP contribution in [0, 0.1) is 5.92 Å². The van der Waals surface area contributed by atoms with Gasteiger partial charge in [0, 0.05) is 36.8 Å². The molecule has 2 aliphatic heterocycles. The van der Waals surface area contributed by atoms with Crippen molar-refractivity contribution in [3.8, 4) is 0 Å². The molecule has 0 spiro atoms. The van der Waals surface area contributed by atoms with E-state index in [1.54, 1.807) is 6.20 Å². The maximum absolute atomic E-state index is 12.2. The molecule has 2 aliphatic rings. The fourth-order valence-electron chi connectivity index (χ4n) is 2.42. The average molecular weight is 326 g/mol. The van der Waals surface area contributed by atoms with Gasteiger partial charge in [0.1, 0.15) is 5.82 Å². The Morgan fingerprint density at radius 2 is 2.05 bits per heavy atom. The molecule has 2 fully saturated rings. The number of halogens is 1. The normalized spacial score (nSPS) is 20.3. The molecule has 0 radical (unpaired) electrons. The molecule has 5 nitrogen and oxygen atoms in total. The molecule has 1 aromatic rings. The quantitative estimate of drug-likeness (QED) is 0.818. The Balaban J connectivity index is 1.54. The van der Waals surface area contributed by atoms with Crippen molar-refractivity contribution in [2.45, 2.75) is 0 Å². The van der Waals surface area contributed by atoms with Gasteiger partial charge in [0.05, 0.1) is 19.1 Å². The molecule has 0 saturated carbocycles. The Labute approximate surface area is 120 Å². The molecule has 1 aromatic heterocycles. The first kappa shape index (κ1) is 12.9. The van der Waals surface area contributed by atoms with Crippen molar-refractivity contribution in [3.63, 3.8) is 0 Å². The van der Waals surface area contributed by atoms with Crippen LogP contribution in [0.25, 0.3) is 0 Å². The molecule has 1 amide bonds. The number of ether oxygens (including phenoxy) is 1. The van der Waals surface area contributed by atoms with E-state index >= 15 is 0 Å². The number of anilines is 1. The van der Waals surface area contributed by atoms with E-state index in [0.29, 0.717) is 13.2 Å². The van der Waals surface area contributed by atoms with Crippen LogP contribution in [-0.2, 0) is 9.53 Å². The summed E-state index contributed by atoms with van der Waals surface area (Å²) in [6, 6.07) is 3.94. The van der Waals surface area contributed by atoms with E-state index in [4.69, 9.17) is 4.74 Å². The molecule has 0 bridgehead atoms. The van der Waals surface area contributed by atoms with E-state index in [1.807, 2.05) is 17.0 Å². The molecular formula is C13H16BrN3O2. The number of nitrogens with zero attached hydrogens (tertiary/aromatic N) is 3. The second-order valence-corrected chi connectivity index (χ2v) is 5.79.